The Morgan fingerprint density at radius 3 is 2.70 bits per heavy atom. The predicted molar refractivity (Wildman–Crippen MR) is 72.1 cm³/mol. The van der Waals surface area contributed by atoms with Crippen molar-refractivity contribution in [1.29, 1.82) is 0 Å². The van der Waals surface area contributed by atoms with Crippen LogP contribution in [0.4, 0.5) is 0 Å². The maximum Gasteiger partial charge on any atom is 0.338 e. The first-order chi connectivity index (χ1) is 9.69. The summed E-state index contributed by atoms with van der Waals surface area (Å²) in [5.74, 6) is 0.278. The number of Topliss-reactive ketones (excluding diaryl/α,β-unsaturated/α-hetero) is 1. The van der Waals surface area contributed by atoms with E-state index in [0.717, 1.165) is 0 Å². The molecule has 0 amide bonds. The summed E-state index contributed by atoms with van der Waals surface area (Å²) in [5, 5.41) is 9.55. The second-order valence-electron chi connectivity index (χ2n) is 5.76. The highest BCUT2D eigenvalue weighted by molar-refractivity contribution is 5.89. The van der Waals surface area contributed by atoms with Crippen molar-refractivity contribution in [3.05, 3.63) is 35.9 Å². The van der Waals surface area contributed by atoms with Gasteiger partial charge in [-0.1, -0.05) is 18.2 Å². The molecule has 106 valence electrons. The number of aliphatic hydroxyl groups is 1. The second kappa shape index (κ2) is 5.37. The zero-order valence-corrected chi connectivity index (χ0v) is 11.2. The number of carbonyl (C=O) groups excluding carboxylic acids is 2. The van der Waals surface area contributed by atoms with Crippen LogP contribution in [0.15, 0.2) is 30.3 Å². The molecule has 0 heterocycles. The van der Waals surface area contributed by atoms with E-state index >= 15 is 0 Å². The summed E-state index contributed by atoms with van der Waals surface area (Å²) in [5.41, 5.74) is 0.525. The largest absolute Gasteiger partial charge is 0.458 e. The molecule has 4 atom stereocenters. The summed E-state index contributed by atoms with van der Waals surface area (Å²) in [6.07, 6.45) is 1.52. The van der Waals surface area contributed by atoms with Gasteiger partial charge in [0.05, 0.1) is 5.56 Å². The van der Waals surface area contributed by atoms with Gasteiger partial charge in [0.15, 0.2) is 0 Å². The van der Waals surface area contributed by atoms with Gasteiger partial charge in [0.2, 0.25) is 0 Å². The van der Waals surface area contributed by atoms with E-state index in [2.05, 4.69) is 0 Å². The molecule has 0 radical (unpaired) electrons. The SMILES string of the molecule is O=C1CC2C[C@@H](OC(=O)c3ccccc3)[C@H](CO)[C@H]2C1. The summed E-state index contributed by atoms with van der Waals surface area (Å²) in [6.45, 7) is -0.0266. The van der Waals surface area contributed by atoms with E-state index in [1.54, 1.807) is 24.3 Å². The zero-order chi connectivity index (χ0) is 14.1. The van der Waals surface area contributed by atoms with Crippen LogP contribution in [0.5, 0.6) is 0 Å². The van der Waals surface area contributed by atoms with E-state index < -0.39 is 0 Å². The van der Waals surface area contributed by atoms with Crippen molar-refractivity contribution >= 4 is 11.8 Å². The van der Waals surface area contributed by atoms with Crippen LogP contribution in [0, 0.1) is 17.8 Å². The number of carbonyl (C=O) groups is 2. The lowest BCUT2D eigenvalue weighted by Crippen LogP contribution is -2.28. The minimum atomic E-state index is -0.347. The van der Waals surface area contributed by atoms with Crippen molar-refractivity contribution in [2.24, 2.45) is 17.8 Å². The highest BCUT2D eigenvalue weighted by atomic mass is 16.5. The Labute approximate surface area is 117 Å². The van der Waals surface area contributed by atoms with Gasteiger partial charge in [0.25, 0.3) is 0 Å². The van der Waals surface area contributed by atoms with E-state index in [1.807, 2.05) is 6.07 Å². The first-order valence-corrected chi connectivity index (χ1v) is 7.07. The summed E-state index contributed by atoms with van der Waals surface area (Å²) in [6, 6.07) is 8.87. The number of hydrogen-bond acceptors (Lipinski definition) is 4. The maximum atomic E-state index is 12.1. The third-order valence-electron chi connectivity index (χ3n) is 4.60. The molecule has 3 rings (SSSR count). The molecule has 4 heteroatoms. The number of ether oxygens (including phenoxy) is 1. The second-order valence-corrected chi connectivity index (χ2v) is 5.76. The standard InChI is InChI=1S/C16H18O4/c17-9-14-13-8-12(18)6-11(13)7-15(14)20-16(19)10-4-2-1-3-5-10/h1-5,11,13-15,17H,6-9H2/t11?,13-,14+,15+/m0/s1. The number of aliphatic hydroxyl groups excluding tert-OH is 1. The number of esters is 1. The van der Waals surface area contributed by atoms with Crippen molar-refractivity contribution < 1.29 is 19.4 Å². The maximum absolute atomic E-state index is 12.1. The summed E-state index contributed by atoms with van der Waals surface area (Å²) in [7, 11) is 0. The van der Waals surface area contributed by atoms with Crippen LogP contribution in [0.1, 0.15) is 29.6 Å². The number of hydrogen-bond donors (Lipinski definition) is 1. The first kappa shape index (κ1) is 13.3. The van der Waals surface area contributed by atoms with Crippen LogP contribution in [0.2, 0.25) is 0 Å². The van der Waals surface area contributed by atoms with Crippen molar-refractivity contribution in [1.82, 2.24) is 0 Å². The van der Waals surface area contributed by atoms with Crippen LogP contribution >= 0.6 is 0 Å². The zero-order valence-electron chi connectivity index (χ0n) is 11.2. The van der Waals surface area contributed by atoms with Gasteiger partial charge < -0.3 is 9.84 Å². The van der Waals surface area contributed by atoms with E-state index in [1.165, 1.54) is 0 Å². The van der Waals surface area contributed by atoms with Gasteiger partial charge in [-0.3, -0.25) is 4.79 Å². The molecule has 2 fully saturated rings. The number of benzene rings is 1. The fraction of sp³-hybridized carbons (Fsp3) is 0.500. The van der Waals surface area contributed by atoms with Crippen LogP contribution in [0.3, 0.4) is 0 Å². The van der Waals surface area contributed by atoms with E-state index in [-0.39, 0.29) is 42.2 Å². The van der Waals surface area contributed by atoms with Crippen LogP contribution < -0.4 is 0 Å². The molecule has 2 aliphatic carbocycles. The lowest BCUT2D eigenvalue weighted by Gasteiger charge is -2.21. The molecule has 20 heavy (non-hydrogen) atoms. The molecule has 1 N–H and O–H groups in total. The third kappa shape index (κ3) is 2.36. The van der Waals surface area contributed by atoms with Gasteiger partial charge in [0.1, 0.15) is 11.9 Å². The van der Waals surface area contributed by atoms with Crippen molar-refractivity contribution in [3.8, 4) is 0 Å². The summed E-state index contributed by atoms with van der Waals surface area (Å²) in [4.78, 5) is 23.6. The highest BCUT2D eigenvalue weighted by Gasteiger charge is 2.49. The molecular weight excluding hydrogens is 256 g/mol. The first-order valence-electron chi connectivity index (χ1n) is 7.07. The van der Waals surface area contributed by atoms with Gasteiger partial charge in [-0.25, -0.2) is 4.79 Å². The molecule has 2 aliphatic rings. The fourth-order valence-corrected chi connectivity index (χ4v) is 3.63. The van der Waals surface area contributed by atoms with E-state index in [9.17, 15) is 14.7 Å². The smallest absolute Gasteiger partial charge is 0.338 e. The Balaban J connectivity index is 1.69. The Morgan fingerprint density at radius 2 is 2.00 bits per heavy atom. The monoisotopic (exact) mass is 274 g/mol. The van der Waals surface area contributed by atoms with Gasteiger partial charge in [-0.2, -0.15) is 0 Å². The highest BCUT2D eigenvalue weighted by Crippen LogP contribution is 2.47. The molecule has 0 spiro atoms. The Morgan fingerprint density at radius 1 is 1.25 bits per heavy atom. The molecule has 0 bridgehead atoms. The third-order valence-corrected chi connectivity index (χ3v) is 4.60. The molecule has 1 aromatic carbocycles. The molecule has 1 aromatic rings. The van der Waals surface area contributed by atoms with Crippen molar-refractivity contribution in [2.45, 2.75) is 25.4 Å². The molecular formula is C16H18O4. The molecule has 4 nitrogen and oxygen atoms in total. The average Bonchev–Trinajstić information content (AvgIpc) is 2.95. The minimum absolute atomic E-state index is 0.0266. The van der Waals surface area contributed by atoms with Gasteiger partial charge in [-0.05, 0) is 30.4 Å². The number of ketones is 1. The molecule has 1 unspecified atom stereocenters. The van der Waals surface area contributed by atoms with Crippen molar-refractivity contribution in [3.63, 3.8) is 0 Å². The topological polar surface area (TPSA) is 63.6 Å². The van der Waals surface area contributed by atoms with Crippen LogP contribution in [0.25, 0.3) is 0 Å². The lowest BCUT2D eigenvalue weighted by atomic mass is 9.92. The normalized spacial score (nSPS) is 32.1. The van der Waals surface area contributed by atoms with Gasteiger partial charge in [-0.15, -0.1) is 0 Å². The Hall–Kier alpha value is -1.68. The fourth-order valence-electron chi connectivity index (χ4n) is 3.63. The lowest BCUT2D eigenvalue weighted by molar-refractivity contribution is -0.118. The molecule has 2 saturated carbocycles. The Bertz CT molecular complexity index is 510. The van der Waals surface area contributed by atoms with Gasteiger partial charge >= 0.3 is 5.97 Å². The van der Waals surface area contributed by atoms with Gasteiger partial charge in [0, 0.05) is 25.4 Å². The summed E-state index contributed by atoms with van der Waals surface area (Å²) >= 11 is 0. The number of fused-ring (bicyclic) bond motifs is 1. The van der Waals surface area contributed by atoms with Crippen molar-refractivity contribution in [2.75, 3.05) is 6.61 Å². The minimum Gasteiger partial charge on any atom is -0.458 e. The molecule has 0 aromatic heterocycles. The quantitative estimate of drug-likeness (QED) is 0.854. The van der Waals surface area contributed by atoms with E-state index in [4.69, 9.17) is 4.74 Å². The summed E-state index contributed by atoms with van der Waals surface area (Å²) < 4.78 is 5.56. The Kier molecular flexibility index (Phi) is 3.57. The molecule has 0 saturated heterocycles. The average molecular weight is 274 g/mol. The van der Waals surface area contributed by atoms with E-state index in [0.29, 0.717) is 24.8 Å². The van der Waals surface area contributed by atoms with Crippen LogP contribution in [-0.4, -0.2) is 29.6 Å². The van der Waals surface area contributed by atoms with Crippen LogP contribution in [-0.2, 0) is 9.53 Å². The number of rotatable bonds is 3. The predicted octanol–water partition coefficient (Wildman–Crippen LogP) is 1.82. The molecule has 0 aliphatic heterocycles.